The van der Waals surface area contributed by atoms with Crippen LogP contribution >= 0.6 is 0 Å². The van der Waals surface area contributed by atoms with E-state index in [4.69, 9.17) is 14.2 Å². The number of anilines is 1. The number of nitrogens with one attached hydrogen (secondary N) is 1. The van der Waals surface area contributed by atoms with Gasteiger partial charge in [0.2, 0.25) is 11.8 Å². The van der Waals surface area contributed by atoms with Crippen LogP contribution in [0.5, 0.6) is 17.2 Å². The summed E-state index contributed by atoms with van der Waals surface area (Å²) in [6.07, 6.45) is 3.94. The molecule has 0 unspecified atom stereocenters. The molecule has 0 radical (unpaired) electrons. The van der Waals surface area contributed by atoms with Gasteiger partial charge in [-0.15, -0.1) is 5.10 Å². The largest absolute Gasteiger partial charge is 0.497 e. The van der Waals surface area contributed by atoms with Crippen molar-refractivity contribution >= 4 is 28.5 Å². The van der Waals surface area contributed by atoms with E-state index in [0.717, 1.165) is 31.2 Å². The number of rotatable bonds is 10. The summed E-state index contributed by atoms with van der Waals surface area (Å²) in [5.41, 5.74) is 2.48. The SMILES string of the molecule is COc1cccc([C@@H](C(=O)NC2CCCC2)N(C(=O)Cn2nnc3ccccc32)c2ccc(OC)c(OC)c2)c1. The van der Waals surface area contributed by atoms with Gasteiger partial charge in [0, 0.05) is 17.8 Å². The van der Waals surface area contributed by atoms with Crippen molar-refractivity contribution in [3.63, 3.8) is 0 Å². The van der Waals surface area contributed by atoms with Gasteiger partial charge in [-0.3, -0.25) is 14.5 Å². The third-order valence-electron chi connectivity index (χ3n) is 7.24. The minimum absolute atomic E-state index is 0.0576. The topological polar surface area (TPSA) is 108 Å². The number of para-hydroxylation sites is 1. The van der Waals surface area contributed by atoms with Crippen molar-refractivity contribution in [2.24, 2.45) is 0 Å². The Morgan fingerprint density at radius 3 is 2.48 bits per heavy atom. The molecule has 1 atom stereocenters. The first kappa shape index (κ1) is 27.0. The summed E-state index contributed by atoms with van der Waals surface area (Å²) in [6, 6.07) is 18.9. The van der Waals surface area contributed by atoms with E-state index in [1.807, 2.05) is 36.4 Å². The molecule has 3 aromatic carbocycles. The molecule has 1 aromatic heterocycles. The lowest BCUT2D eigenvalue weighted by molar-refractivity contribution is -0.127. The summed E-state index contributed by atoms with van der Waals surface area (Å²) in [5.74, 6) is 0.904. The van der Waals surface area contributed by atoms with Crippen LogP contribution in [0.1, 0.15) is 37.3 Å². The molecule has 2 amide bonds. The molecule has 1 aliphatic carbocycles. The summed E-state index contributed by atoms with van der Waals surface area (Å²) in [7, 11) is 4.64. The highest BCUT2D eigenvalue weighted by Gasteiger charge is 2.35. The molecule has 1 fully saturated rings. The number of nitrogens with zero attached hydrogens (tertiary/aromatic N) is 4. The lowest BCUT2D eigenvalue weighted by Crippen LogP contribution is -2.47. The molecular weight excluding hydrogens is 510 g/mol. The molecule has 1 heterocycles. The zero-order chi connectivity index (χ0) is 28.1. The van der Waals surface area contributed by atoms with E-state index in [1.165, 1.54) is 12.0 Å². The maximum absolute atomic E-state index is 14.3. The summed E-state index contributed by atoms with van der Waals surface area (Å²) >= 11 is 0. The Morgan fingerprint density at radius 1 is 0.950 bits per heavy atom. The first-order chi connectivity index (χ1) is 19.5. The third-order valence-corrected chi connectivity index (χ3v) is 7.24. The van der Waals surface area contributed by atoms with Crippen molar-refractivity contribution in [3.05, 3.63) is 72.3 Å². The molecule has 10 nitrogen and oxygen atoms in total. The lowest BCUT2D eigenvalue weighted by atomic mass is 10.0. The number of hydrogen-bond donors (Lipinski definition) is 1. The van der Waals surface area contributed by atoms with E-state index in [2.05, 4.69) is 15.6 Å². The Bertz CT molecular complexity index is 1500. The molecule has 5 rings (SSSR count). The van der Waals surface area contributed by atoms with E-state index >= 15 is 0 Å². The minimum atomic E-state index is -0.990. The average Bonchev–Trinajstić information content (AvgIpc) is 3.65. The van der Waals surface area contributed by atoms with Crippen LogP contribution in [-0.2, 0) is 16.1 Å². The first-order valence-corrected chi connectivity index (χ1v) is 13.3. The molecule has 1 N–H and O–H groups in total. The molecule has 1 saturated carbocycles. The van der Waals surface area contributed by atoms with Gasteiger partial charge in [-0.1, -0.05) is 42.3 Å². The Morgan fingerprint density at radius 2 is 1.73 bits per heavy atom. The van der Waals surface area contributed by atoms with Crippen molar-refractivity contribution < 1.29 is 23.8 Å². The molecule has 0 aliphatic heterocycles. The average molecular weight is 544 g/mol. The van der Waals surface area contributed by atoms with Crippen LogP contribution in [-0.4, -0.2) is 54.2 Å². The number of fused-ring (bicyclic) bond motifs is 1. The maximum atomic E-state index is 14.3. The van der Waals surface area contributed by atoms with E-state index < -0.39 is 6.04 Å². The molecule has 0 spiro atoms. The Hall–Kier alpha value is -4.60. The Kier molecular flexibility index (Phi) is 8.14. The van der Waals surface area contributed by atoms with Crippen LogP contribution < -0.4 is 24.4 Å². The standard InChI is InChI=1S/C30H33N5O5/c1-38-23-12-8-9-20(17-23)29(30(37)31-21-10-4-5-11-21)35(22-15-16-26(39-2)27(18-22)40-3)28(36)19-34-25-14-7-6-13-24(25)32-33-34/h6-9,12-18,21,29H,4-5,10-11,19H2,1-3H3,(H,31,37)/t29-/m0/s1. The van der Waals surface area contributed by atoms with Gasteiger partial charge in [0.15, 0.2) is 11.5 Å². The highest BCUT2D eigenvalue weighted by Crippen LogP contribution is 2.36. The van der Waals surface area contributed by atoms with Crippen molar-refractivity contribution in [2.75, 3.05) is 26.2 Å². The van der Waals surface area contributed by atoms with Crippen molar-refractivity contribution in [1.29, 1.82) is 0 Å². The fraction of sp³-hybridized carbons (Fsp3) is 0.333. The van der Waals surface area contributed by atoms with Gasteiger partial charge in [0.25, 0.3) is 0 Å². The van der Waals surface area contributed by atoms with Crippen molar-refractivity contribution in [1.82, 2.24) is 20.3 Å². The van der Waals surface area contributed by atoms with E-state index in [-0.39, 0.29) is 24.4 Å². The maximum Gasteiger partial charge on any atom is 0.249 e. The molecule has 10 heteroatoms. The molecule has 40 heavy (non-hydrogen) atoms. The number of hydrogen-bond acceptors (Lipinski definition) is 7. The number of aromatic nitrogens is 3. The van der Waals surface area contributed by atoms with Crippen LogP contribution in [0.15, 0.2) is 66.7 Å². The van der Waals surface area contributed by atoms with Gasteiger partial charge in [-0.05, 0) is 54.8 Å². The molecule has 0 saturated heterocycles. The smallest absolute Gasteiger partial charge is 0.249 e. The lowest BCUT2D eigenvalue weighted by Gasteiger charge is -2.33. The molecular formula is C30H33N5O5. The zero-order valence-electron chi connectivity index (χ0n) is 22.9. The predicted octanol–water partition coefficient (Wildman–Crippen LogP) is 4.29. The predicted molar refractivity (Wildman–Crippen MR) is 151 cm³/mol. The molecule has 4 aromatic rings. The quantitative estimate of drug-likeness (QED) is 0.318. The highest BCUT2D eigenvalue weighted by molar-refractivity contribution is 6.02. The fourth-order valence-electron chi connectivity index (χ4n) is 5.23. The third kappa shape index (κ3) is 5.56. The van der Waals surface area contributed by atoms with Crippen LogP contribution in [0.3, 0.4) is 0 Å². The van der Waals surface area contributed by atoms with E-state index in [9.17, 15) is 9.59 Å². The number of carbonyl (C=O) groups is 2. The molecule has 1 aliphatic rings. The summed E-state index contributed by atoms with van der Waals surface area (Å²) in [4.78, 5) is 29.8. The molecule has 208 valence electrons. The number of carbonyl (C=O) groups excluding carboxylic acids is 2. The summed E-state index contributed by atoms with van der Waals surface area (Å²) < 4.78 is 18.0. The number of benzene rings is 3. The Labute approximate surface area is 232 Å². The van der Waals surface area contributed by atoms with Crippen LogP contribution in [0.25, 0.3) is 11.0 Å². The number of ether oxygens (including phenoxy) is 3. The van der Waals surface area contributed by atoms with Crippen LogP contribution in [0.4, 0.5) is 5.69 Å². The fourth-order valence-corrected chi connectivity index (χ4v) is 5.23. The summed E-state index contributed by atoms with van der Waals surface area (Å²) in [6.45, 7) is -0.133. The normalized spacial score (nSPS) is 14.1. The van der Waals surface area contributed by atoms with Crippen molar-refractivity contribution in [2.45, 2.75) is 44.3 Å². The van der Waals surface area contributed by atoms with Crippen LogP contribution in [0, 0.1) is 0 Å². The molecule has 0 bridgehead atoms. The monoisotopic (exact) mass is 543 g/mol. The van der Waals surface area contributed by atoms with Gasteiger partial charge in [0.05, 0.1) is 26.8 Å². The van der Waals surface area contributed by atoms with Gasteiger partial charge in [0.1, 0.15) is 23.9 Å². The second-order valence-electron chi connectivity index (χ2n) is 9.71. The summed E-state index contributed by atoms with van der Waals surface area (Å²) in [5, 5.41) is 11.6. The number of methoxy groups -OCH3 is 3. The number of amides is 2. The minimum Gasteiger partial charge on any atom is -0.497 e. The van der Waals surface area contributed by atoms with Gasteiger partial charge >= 0.3 is 0 Å². The van der Waals surface area contributed by atoms with E-state index in [0.29, 0.717) is 34.0 Å². The van der Waals surface area contributed by atoms with Crippen molar-refractivity contribution in [3.8, 4) is 17.2 Å². The second kappa shape index (κ2) is 12.1. The second-order valence-corrected chi connectivity index (χ2v) is 9.71. The highest BCUT2D eigenvalue weighted by atomic mass is 16.5. The van der Waals surface area contributed by atoms with Crippen LogP contribution in [0.2, 0.25) is 0 Å². The van der Waals surface area contributed by atoms with Gasteiger partial charge < -0.3 is 19.5 Å². The zero-order valence-corrected chi connectivity index (χ0v) is 22.9. The van der Waals surface area contributed by atoms with E-state index in [1.54, 1.807) is 49.2 Å². The Balaban J connectivity index is 1.62. The first-order valence-electron chi connectivity index (χ1n) is 13.3. The van der Waals surface area contributed by atoms with Gasteiger partial charge in [-0.2, -0.15) is 0 Å². The van der Waals surface area contributed by atoms with Gasteiger partial charge in [-0.25, -0.2) is 4.68 Å².